The first-order valence-corrected chi connectivity index (χ1v) is 10.9. The molecule has 0 radical (unpaired) electrons. The Kier molecular flexibility index (Phi) is 6.39. The molecule has 8 heteroatoms. The number of anilines is 1. The second kappa shape index (κ2) is 9.36. The Hall–Kier alpha value is -3.10. The topological polar surface area (TPSA) is 75.2 Å². The van der Waals surface area contributed by atoms with Gasteiger partial charge in [-0.1, -0.05) is 12.1 Å². The van der Waals surface area contributed by atoms with Gasteiger partial charge in [-0.3, -0.25) is 4.68 Å². The highest BCUT2D eigenvalue weighted by atomic mass is 32.2. The number of rotatable bonds is 7. The molecule has 0 aliphatic rings. The summed E-state index contributed by atoms with van der Waals surface area (Å²) in [7, 11) is 3.25. The number of ether oxygens (including phenoxy) is 2. The molecule has 4 aromatic rings. The molecule has 0 bridgehead atoms. The zero-order valence-corrected chi connectivity index (χ0v) is 18.9. The molecule has 2 aromatic heterocycles. The molecule has 158 valence electrons. The third-order valence-corrected chi connectivity index (χ3v) is 6.09. The van der Waals surface area contributed by atoms with Gasteiger partial charge < -0.3 is 15.2 Å². The minimum Gasteiger partial charge on any atom is -0.496 e. The van der Waals surface area contributed by atoms with E-state index in [0.29, 0.717) is 23.2 Å². The third kappa shape index (κ3) is 4.81. The number of pyridine rings is 1. The van der Waals surface area contributed by atoms with Gasteiger partial charge in [-0.25, -0.2) is 4.98 Å². The fourth-order valence-electron chi connectivity index (χ4n) is 3.16. The van der Waals surface area contributed by atoms with E-state index in [2.05, 4.69) is 40.9 Å². The zero-order valence-electron chi connectivity index (χ0n) is 17.1. The van der Waals surface area contributed by atoms with Crippen LogP contribution >= 0.6 is 24.4 Å². The lowest BCUT2D eigenvalue weighted by Crippen LogP contribution is -1.94. The molecular weight excluding hydrogens is 428 g/mol. The highest BCUT2D eigenvalue weighted by molar-refractivity contribution is 7.98. The molecule has 0 atom stereocenters. The molecule has 0 unspecified atom stereocenters. The van der Waals surface area contributed by atoms with Crippen molar-refractivity contribution in [3.05, 3.63) is 67.1 Å². The lowest BCUT2D eigenvalue weighted by Gasteiger charge is -2.11. The van der Waals surface area contributed by atoms with E-state index in [9.17, 15) is 0 Å². The van der Waals surface area contributed by atoms with E-state index in [1.165, 1.54) is 0 Å². The number of thioether (sulfide) groups is 1. The van der Waals surface area contributed by atoms with Crippen molar-refractivity contribution in [1.29, 1.82) is 0 Å². The summed E-state index contributed by atoms with van der Waals surface area (Å²) in [6.07, 6.45) is 5.61. The van der Waals surface area contributed by atoms with Crippen molar-refractivity contribution in [2.24, 2.45) is 0 Å². The molecule has 4 rings (SSSR count). The van der Waals surface area contributed by atoms with Crippen LogP contribution in [0, 0.1) is 0 Å². The van der Waals surface area contributed by atoms with Gasteiger partial charge in [0.25, 0.3) is 0 Å². The molecule has 0 spiro atoms. The van der Waals surface area contributed by atoms with Gasteiger partial charge in [-0.2, -0.15) is 5.10 Å². The Bertz CT molecular complexity index is 1190. The van der Waals surface area contributed by atoms with Crippen molar-refractivity contribution < 1.29 is 9.47 Å². The summed E-state index contributed by atoms with van der Waals surface area (Å²) in [6.45, 7) is 0. The maximum Gasteiger partial charge on any atom is 0.135 e. The second-order valence-electron chi connectivity index (χ2n) is 6.77. The summed E-state index contributed by atoms with van der Waals surface area (Å²) in [6, 6.07) is 15.9. The molecule has 2 N–H and O–H groups in total. The predicted molar refractivity (Wildman–Crippen MR) is 128 cm³/mol. The van der Waals surface area contributed by atoms with Crippen molar-refractivity contribution in [1.82, 2.24) is 14.8 Å². The van der Waals surface area contributed by atoms with Gasteiger partial charge in [0.1, 0.15) is 17.3 Å². The molecule has 0 saturated carbocycles. The molecule has 2 aromatic carbocycles. The summed E-state index contributed by atoms with van der Waals surface area (Å²) in [5, 5.41) is 4.51. The summed E-state index contributed by atoms with van der Waals surface area (Å²) < 4.78 is 12.8. The number of benzene rings is 2. The zero-order chi connectivity index (χ0) is 21.8. The molecule has 0 saturated heterocycles. The molecule has 0 fully saturated rings. The molecule has 6 nitrogen and oxygen atoms in total. The molecule has 0 aliphatic carbocycles. The van der Waals surface area contributed by atoms with Gasteiger partial charge in [-0.15, -0.1) is 24.4 Å². The maximum absolute atomic E-state index is 5.69. The number of nitrogens with zero attached hydrogens (tertiary/aromatic N) is 3. The van der Waals surface area contributed by atoms with Crippen LogP contribution in [0.1, 0.15) is 0 Å². The summed E-state index contributed by atoms with van der Waals surface area (Å²) >= 11 is 6.20. The van der Waals surface area contributed by atoms with Crippen molar-refractivity contribution in [3.8, 4) is 33.8 Å². The number of hydrogen-bond donors (Lipinski definition) is 2. The molecular formula is C23H22N4O2S2. The van der Waals surface area contributed by atoms with Crippen molar-refractivity contribution >= 4 is 30.2 Å². The summed E-state index contributed by atoms with van der Waals surface area (Å²) in [5.74, 6) is 2.58. The minimum absolute atomic E-state index is 0.516. The van der Waals surface area contributed by atoms with Gasteiger partial charge in [0.15, 0.2) is 0 Å². The number of hydrogen-bond acceptors (Lipinski definition) is 7. The largest absolute Gasteiger partial charge is 0.496 e. The van der Waals surface area contributed by atoms with E-state index in [1.54, 1.807) is 32.2 Å². The lowest BCUT2D eigenvalue weighted by molar-refractivity contribution is 0.388. The van der Waals surface area contributed by atoms with Crippen LogP contribution in [-0.2, 0) is 5.88 Å². The fraction of sp³-hybridized carbons (Fsp3) is 0.130. The van der Waals surface area contributed by atoms with Crippen LogP contribution in [0.25, 0.3) is 22.3 Å². The van der Waals surface area contributed by atoms with Crippen LogP contribution in [0.15, 0.2) is 76.9 Å². The fourth-order valence-corrected chi connectivity index (χ4v) is 4.26. The van der Waals surface area contributed by atoms with Crippen LogP contribution in [0.4, 0.5) is 5.82 Å². The number of nitrogens with two attached hydrogens (primary N) is 1. The smallest absolute Gasteiger partial charge is 0.135 e. The van der Waals surface area contributed by atoms with Crippen molar-refractivity contribution in [2.45, 2.75) is 15.7 Å². The number of aromatic nitrogens is 3. The van der Waals surface area contributed by atoms with Gasteiger partial charge in [0.05, 0.1) is 26.3 Å². The average Bonchev–Trinajstić information content (AvgIpc) is 3.27. The Morgan fingerprint density at radius 1 is 0.968 bits per heavy atom. The quantitative estimate of drug-likeness (QED) is 0.296. The van der Waals surface area contributed by atoms with Gasteiger partial charge in [-0.05, 0) is 35.9 Å². The Balaban J connectivity index is 1.50. The van der Waals surface area contributed by atoms with Crippen molar-refractivity contribution in [2.75, 3.05) is 20.0 Å². The first-order chi connectivity index (χ1) is 15.1. The van der Waals surface area contributed by atoms with Crippen LogP contribution in [-0.4, -0.2) is 29.0 Å². The van der Waals surface area contributed by atoms with Crippen molar-refractivity contribution in [3.63, 3.8) is 0 Å². The third-order valence-electron chi connectivity index (χ3n) is 4.76. The van der Waals surface area contributed by atoms with E-state index in [-0.39, 0.29) is 0 Å². The molecule has 0 aliphatic heterocycles. The molecule has 31 heavy (non-hydrogen) atoms. The van der Waals surface area contributed by atoms with E-state index in [1.807, 2.05) is 47.4 Å². The van der Waals surface area contributed by atoms with Crippen LogP contribution in [0.3, 0.4) is 0 Å². The number of thiol groups is 1. The lowest BCUT2D eigenvalue weighted by atomic mass is 10.1. The van der Waals surface area contributed by atoms with Gasteiger partial charge >= 0.3 is 0 Å². The van der Waals surface area contributed by atoms with E-state index < -0.39 is 0 Å². The second-order valence-corrected chi connectivity index (χ2v) is 8.27. The molecule has 2 heterocycles. The average molecular weight is 451 g/mol. The normalized spacial score (nSPS) is 10.8. The first-order valence-electron chi connectivity index (χ1n) is 9.50. The standard InChI is InChI=1S/C23H22N4O2S2/c1-28-20-10-21(29-2)22(30)9-19(20)17-12-26-27(13-17)14-31-18-5-3-4-15(8-18)16-6-7-23(24)25-11-16/h3-13,30H,14H2,1-2H3,(H2,24,25). The SMILES string of the molecule is COc1cc(OC)c(-c2cnn(CSc3cccc(-c4ccc(N)nc4)c3)c2)cc1S. The Labute approximate surface area is 190 Å². The highest BCUT2D eigenvalue weighted by Crippen LogP contribution is 2.37. The monoisotopic (exact) mass is 450 g/mol. The Morgan fingerprint density at radius 2 is 1.81 bits per heavy atom. The summed E-state index contributed by atoms with van der Waals surface area (Å²) in [5.41, 5.74) is 9.70. The minimum atomic E-state index is 0.516. The number of methoxy groups -OCH3 is 2. The van der Waals surface area contributed by atoms with Crippen LogP contribution < -0.4 is 15.2 Å². The van der Waals surface area contributed by atoms with Gasteiger partial charge in [0.2, 0.25) is 0 Å². The summed E-state index contributed by atoms with van der Waals surface area (Å²) in [4.78, 5) is 6.06. The van der Waals surface area contributed by atoms with Gasteiger partial charge in [0, 0.05) is 44.9 Å². The van der Waals surface area contributed by atoms with E-state index in [0.717, 1.165) is 32.0 Å². The maximum atomic E-state index is 5.69. The first kappa shape index (κ1) is 21.1. The highest BCUT2D eigenvalue weighted by Gasteiger charge is 2.13. The Morgan fingerprint density at radius 3 is 2.55 bits per heavy atom. The molecule has 0 amide bonds. The van der Waals surface area contributed by atoms with Crippen LogP contribution in [0.5, 0.6) is 11.5 Å². The van der Waals surface area contributed by atoms with E-state index >= 15 is 0 Å². The number of nitrogen functional groups attached to an aromatic ring is 1. The van der Waals surface area contributed by atoms with E-state index in [4.69, 9.17) is 15.2 Å². The van der Waals surface area contributed by atoms with Crippen LogP contribution in [0.2, 0.25) is 0 Å². The predicted octanol–water partition coefficient (Wildman–Crippen LogP) is 5.25.